The summed E-state index contributed by atoms with van der Waals surface area (Å²) < 4.78 is 5.28. The Balaban J connectivity index is 2.08. The van der Waals surface area contributed by atoms with Gasteiger partial charge >= 0.3 is 5.97 Å². The first-order valence-electron chi connectivity index (χ1n) is 5.72. The Hall–Kier alpha value is -1.78. The molecule has 2 N–H and O–H groups in total. The average Bonchev–Trinajstić information content (AvgIpc) is 2.71. The number of aryl methyl sites for hydroxylation is 1. The van der Waals surface area contributed by atoms with Crippen LogP contribution in [0.4, 0.5) is 0 Å². The monoisotopic (exact) mass is 237 g/mol. The minimum absolute atomic E-state index is 0.175. The van der Waals surface area contributed by atoms with Gasteiger partial charge in [0.25, 0.3) is 5.91 Å². The number of hydrogen-bond acceptors (Lipinski definition) is 3. The van der Waals surface area contributed by atoms with Gasteiger partial charge < -0.3 is 14.8 Å². The summed E-state index contributed by atoms with van der Waals surface area (Å²) in [5.41, 5.74) is -1.09. The van der Waals surface area contributed by atoms with Crippen molar-refractivity contribution in [3.05, 3.63) is 23.7 Å². The van der Waals surface area contributed by atoms with Crippen LogP contribution in [-0.2, 0) is 11.2 Å². The molecule has 1 aliphatic rings. The van der Waals surface area contributed by atoms with E-state index in [1.54, 1.807) is 12.1 Å². The van der Waals surface area contributed by atoms with E-state index in [1.165, 1.54) is 0 Å². The number of carbonyl (C=O) groups is 2. The van der Waals surface area contributed by atoms with E-state index in [0.717, 1.165) is 6.42 Å². The molecule has 2 rings (SSSR count). The third-order valence-electron chi connectivity index (χ3n) is 3.20. The Morgan fingerprint density at radius 1 is 1.47 bits per heavy atom. The Morgan fingerprint density at radius 3 is 2.59 bits per heavy atom. The highest BCUT2D eigenvalue weighted by Gasteiger charge is 2.46. The number of rotatable bonds is 4. The molecule has 0 saturated heterocycles. The van der Waals surface area contributed by atoms with Crippen LogP contribution in [0.15, 0.2) is 16.5 Å². The number of amides is 1. The van der Waals surface area contributed by atoms with Gasteiger partial charge in [0.2, 0.25) is 0 Å². The van der Waals surface area contributed by atoms with Crippen molar-refractivity contribution in [2.75, 3.05) is 0 Å². The lowest BCUT2D eigenvalue weighted by Gasteiger charge is -2.37. The zero-order valence-electron chi connectivity index (χ0n) is 9.66. The van der Waals surface area contributed by atoms with E-state index < -0.39 is 17.4 Å². The van der Waals surface area contributed by atoms with Gasteiger partial charge in [-0.1, -0.05) is 6.92 Å². The quantitative estimate of drug-likeness (QED) is 0.833. The second-order valence-electron chi connectivity index (χ2n) is 4.31. The molecule has 0 spiro atoms. The predicted molar refractivity (Wildman–Crippen MR) is 59.8 cm³/mol. The lowest BCUT2D eigenvalue weighted by molar-refractivity contribution is -0.148. The topological polar surface area (TPSA) is 79.5 Å². The van der Waals surface area contributed by atoms with Crippen LogP contribution in [0.25, 0.3) is 0 Å². The molecule has 5 nitrogen and oxygen atoms in total. The van der Waals surface area contributed by atoms with Crippen molar-refractivity contribution >= 4 is 11.9 Å². The minimum Gasteiger partial charge on any atom is -0.480 e. The van der Waals surface area contributed by atoms with Crippen LogP contribution in [0.2, 0.25) is 0 Å². The normalized spacial score (nSPS) is 17.2. The lowest BCUT2D eigenvalue weighted by Crippen LogP contribution is -2.59. The van der Waals surface area contributed by atoms with Gasteiger partial charge in [-0.2, -0.15) is 0 Å². The maximum atomic E-state index is 11.8. The number of carbonyl (C=O) groups excluding carboxylic acids is 1. The van der Waals surface area contributed by atoms with Gasteiger partial charge in [0.05, 0.1) is 0 Å². The van der Waals surface area contributed by atoms with E-state index >= 15 is 0 Å². The Bertz CT molecular complexity index is 445. The lowest BCUT2D eigenvalue weighted by atomic mass is 9.76. The Kier molecular flexibility index (Phi) is 2.92. The van der Waals surface area contributed by atoms with Gasteiger partial charge in [0, 0.05) is 6.42 Å². The van der Waals surface area contributed by atoms with Gasteiger partial charge in [-0.3, -0.25) is 4.79 Å². The molecule has 1 aromatic heterocycles. The third-order valence-corrected chi connectivity index (χ3v) is 3.20. The molecule has 1 aliphatic carbocycles. The summed E-state index contributed by atoms with van der Waals surface area (Å²) >= 11 is 0. The zero-order valence-corrected chi connectivity index (χ0v) is 9.66. The van der Waals surface area contributed by atoms with Gasteiger partial charge in [-0.15, -0.1) is 0 Å². The van der Waals surface area contributed by atoms with Crippen LogP contribution in [-0.4, -0.2) is 22.5 Å². The maximum absolute atomic E-state index is 11.8. The molecular formula is C12H15NO4. The van der Waals surface area contributed by atoms with Crippen molar-refractivity contribution in [2.45, 2.75) is 38.1 Å². The first kappa shape index (κ1) is 11.7. The zero-order chi connectivity index (χ0) is 12.5. The number of furan rings is 1. The van der Waals surface area contributed by atoms with Crippen molar-refractivity contribution in [3.63, 3.8) is 0 Å². The van der Waals surface area contributed by atoms with Crippen molar-refractivity contribution < 1.29 is 19.1 Å². The molecule has 0 atom stereocenters. The van der Waals surface area contributed by atoms with Crippen LogP contribution in [0.5, 0.6) is 0 Å². The Labute approximate surface area is 98.8 Å². The van der Waals surface area contributed by atoms with Gasteiger partial charge in [0.15, 0.2) is 5.76 Å². The molecule has 0 bridgehead atoms. The van der Waals surface area contributed by atoms with Crippen LogP contribution in [0, 0.1) is 0 Å². The standard InChI is InChI=1S/C12H15NO4/c1-2-8-4-5-9(17-8)10(14)13-12(11(15)16)6-3-7-12/h4-5H,2-3,6-7H2,1H3,(H,13,14)(H,15,16). The second kappa shape index (κ2) is 4.24. The summed E-state index contributed by atoms with van der Waals surface area (Å²) in [6.07, 6.45) is 2.49. The molecule has 0 aromatic carbocycles. The largest absolute Gasteiger partial charge is 0.480 e. The summed E-state index contributed by atoms with van der Waals surface area (Å²) in [6, 6.07) is 3.30. The van der Waals surface area contributed by atoms with Crippen molar-refractivity contribution in [1.82, 2.24) is 5.32 Å². The minimum atomic E-state index is -1.09. The summed E-state index contributed by atoms with van der Waals surface area (Å²) in [4.78, 5) is 22.9. The van der Waals surface area contributed by atoms with Gasteiger partial charge in [-0.25, -0.2) is 4.79 Å². The highest BCUT2D eigenvalue weighted by molar-refractivity contribution is 5.96. The summed E-state index contributed by atoms with van der Waals surface area (Å²) in [6.45, 7) is 1.92. The molecule has 1 saturated carbocycles. The van der Waals surface area contributed by atoms with E-state index in [4.69, 9.17) is 9.52 Å². The molecule has 0 unspecified atom stereocenters. The first-order chi connectivity index (χ1) is 8.07. The van der Waals surface area contributed by atoms with E-state index in [2.05, 4.69) is 5.32 Å². The van der Waals surface area contributed by atoms with Gasteiger partial charge in [-0.05, 0) is 31.4 Å². The molecular weight excluding hydrogens is 222 g/mol. The molecule has 5 heteroatoms. The number of carboxylic acids is 1. The molecule has 92 valence electrons. The van der Waals surface area contributed by atoms with Crippen molar-refractivity contribution in [1.29, 1.82) is 0 Å². The van der Waals surface area contributed by atoms with Crippen molar-refractivity contribution in [2.24, 2.45) is 0 Å². The molecule has 17 heavy (non-hydrogen) atoms. The molecule has 1 fully saturated rings. The van der Waals surface area contributed by atoms with Crippen LogP contribution >= 0.6 is 0 Å². The molecule has 0 aliphatic heterocycles. The number of hydrogen-bond donors (Lipinski definition) is 2. The maximum Gasteiger partial charge on any atom is 0.329 e. The smallest absolute Gasteiger partial charge is 0.329 e. The summed E-state index contributed by atoms with van der Waals surface area (Å²) in [7, 11) is 0. The average molecular weight is 237 g/mol. The fourth-order valence-corrected chi connectivity index (χ4v) is 1.89. The number of aliphatic carboxylic acids is 1. The molecule has 1 amide bonds. The van der Waals surface area contributed by atoms with E-state index in [1.807, 2.05) is 6.92 Å². The summed E-state index contributed by atoms with van der Waals surface area (Å²) in [5, 5.41) is 11.6. The van der Waals surface area contributed by atoms with E-state index in [9.17, 15) is 9.59 Å². The van der Waals surface area contributed by atoms with Crippen LogP contribution in [0.3, 0.4) is 0 Å². The van der Waals surface area contributed by atoms with Crippen LogP contribution in [0.1, 0.15) is 42.5 Å². The van der Waals surface area contributed by atoms with Gasteiger partial charge in [0.1, 0.15) is 11.3 Å². The fraction of sp³-hybridized carbons (Fsp3) is 0.500. The molecule has 1 aromatic rings. The van der Waals surface area contributed by atoms with E-state index in [-0.39, 0.29) is 5.76 Å². The summed E-state index contributed by atoms with van der Waals surface area (Å²) in [5.74, 6) is -0.534. The first-order valence-corrected chi connectivity index (χ1v) is 5.72. The van der Waals surface area contributed by atoms with E-state index in [0.29, 0.717) is 25.0 Å². The number of carboxylic acid groups (broad SMARTS) is 1. The Morgan fingerprint density at radius 2 is 2.18 bits per heavy atom. The highest BCUT2D eigenvalue weighted by atomic mass is 16.4. The predicted octanol–water partition coefficient (Wildman–Crippen LogP) is 1.58. The molecule has 0 radical (unpaired) electrons. The SMILES string of the molecule is CCc1ccc(C(=O)NC2(C(=O)O)CCC2)o1. The fourth-order valence-electron chi connectivity index (χ4n) is 1.89. The third kappa shape index (κ3) is 2.05. The van der Waals surface area contributed by atoms with Crippen molar-refractivity contribution in [3.8, 4) is 0 Å². The van der Waals surface area contributed by atoms with Crippen LogP contribution < -0.4 is 5.32 Å². The second-order valence-corrected chi connectivity index (χ2v) is 4.31. The molecule has 1 heterocycles. The number of nitrogens with one attached hydrogen (secondary N) is 1. The highest BCUT2D eigenvalue weighted by Crippen LogP contribution is 2.32.